The first-order chi connectivity index (χ1) is 15.2. The van der Waals surface area contributed by atoms with Crippen LogP contribution in [0.25, 0.3) is 0 Å². The summed E-state index contributed by atoms with van der Waals surface area (Å²) in [6.45, 7) is 6.22. The van der Waals surface area contributed by atoms with Gasteiger partial charge in [0.15, 0.2) is 0 Å². The molecule has 2 amide bonds. The molecule has 0 spiro atoms. The van der Waals surface area contributed by atoms with Crippen LogP contribution in [-0.2, 0) is 13.0 Å². The maximum absolute atomic E-state index is 12.6. The van der Waals surface area contributed by atoms with E-state index in [1.165, 1.54) is 55.6 Å². The average molecular weight is 423 g/mol. The van der Waals surface area contributed by atoms with Crippen molar-refractivity contribution < 1.29 is 9.53 Å². The van der Waals surface area contributed by atoms with E-state index in [0.29, 0.717) is 6.54 Å². The SMILES string of the molecule is C1CCNC1.COc1cccc(NC(=O)N2CCc3cc(N4CCCC4)ccc3C2)c1. The third kappa shape index (κ3) is 5.70. The zero-order chi connectivity index (χ0) is 21.5. The predicted octanol–water partition coefficient (Wildman–Crippen LogP) is 4.26. The molecule has 2 N–H and O–H groups in total. The van der Waals surface area contributed by atoms with Gasteiger partial charge in [-0.05, 0) is 80.6 Å². The zero-order valence-corrected chi connectivity index (χ0v) is 18.5. The van der Waals surface area contributed by atoms with Gasteiger partial charge in [0.25, 0.3) is 0 Å². The van der Waals surface area contributed by atoms with E-state index in [2.05, 4.69) is 33.7 Å². The Morgan fingerprint density at radius 2 is 1.77 bits per heavy atom. The van der Waals surface area contributed by atoms with E-state index in [1.54, 1.807) is 7.11 Å². The topological polar surface area (TPSA) is 56.8 Å². The molecular weight excluding hydrogens is 388 g/mol. The quantitative estimate of drug-likeness (QED) is 0.776. The van der Waals surface area contributed by atoms with E-state index in [9.17, 15) is 4.79 Å². The zero-order valence-electron chi connectivity index (χ0n) is 18.5. The molecule has 6 nitrogen and oxygen atoms in total. The van der Waals surface area contributed by atoms with Crippen LogP contribution in [0.5, 0.6) is 5.75 Å². The summed E-state index contributed by atoms with van der Waals surface area (Å²) in [4.78, 5) is 17.0. The molecule has 2 aromatic carbocycles. The summed E-state index contributed by atoms with van der Waals surface area (Å²) >= 11 is 0. The molecule has 0 saturated carbocycles. The van der Waals surface area contributed by atoms with Crippen molar-refractivity contribution in [1.82, 2.24) is 10.2 Å². The minimum absolute atomic E-state index is 0.0625. The molecule has 0 aliphatic carbocycles. The van der Waals surface area contributed by atoms with Gasteiger partial charge in [-0.15, -0.1) is 0 Å². The highest BCUT2D eigenvalue weighted by Crippen LogP contribution is 2.27. The monoisotopic (exact) mass is 422 g/mol. The van der Waals surface area contributed by atoms with E-state index in [-0.39, 0.29) is 6.03 Å². The van der Waals surface area contributed by atoms with E-state index in [1.807, 2.05) is 29.2 Å². The van der Waals surface area contributed by atoms with Gasteiger partial charge in [0.05, 0.1) is 7.11 Å². The Morgan fingerprint density at radius 1 is 0.968 bits per heavy atom. The standard InChI is InChI=1S/C21H25N3O2.C4H9N/c1-26-20-6-4-5-18(14-20)22-21(25)24-12-9-16-13-19(8-7-17(16)15-24)23-10-2-3-11-23;1-2-4-5-3-1/h4-8,13-14H,2-3,9-12,15H2,1H3,(H,22,25);5H,1-4H2. The first-order valence-electron chi connectivity index (χ1n) is 11.5. The third-order valence-electron chi connectivity index (χ3n) is 6.24. The fraction of sp³-hybridized carbons (Fsp3) is 0.480. The van der Waals surface area contributed by atoms with Gasteiger partial charge in [-0.2, -0.15) is 0 Å². The maximum Gasteiger partial charge on any atom is 0.322 e. The molecule has 2 fully saturated rings. The lowest BCUT2D eigenvalue weighted by Gasteiger charge is -2.30. The summed E-state index contributed by atoms with van der Waals surface area (Å²) in [5.74, 6) is 0.737. The summed E-state index contributed by atoms with van der Waals surface area (Å²) in [7, 11) is 1.62. The largest absolute Gasteiger partial charge is 0.497 e. The highest BCUT2D eigenvalue weighted by molar-refractivity contribution is 5.89. The minimum Gasteiger partial charge on any atom is -0.497 e. The van der Waals surface area contributed by atoms with Gasteiger partial charge in [0.1, 0.15) is 5.75 Å². The number of carbonyl (C=O) groups excluding carboxylic acids is 1. The van der Waals surface area contributed by atoms with Gasteiger partial charge < -0.3 is 25.2 Å². The number of methoxy groups -OCH3 is 1. The number of rotatable bonds is 3. The molecule has 2 aromatic rings. The Balaban J connectivity index is 0.000000407. The fourth-order valence-corrected chi connectivity index (χ4v) is 4.41. The molecule has 5 rings (SSSR count). The Bertz CT molecular complexity index is 868. The first-order valence-corrected chi connectivity index (χ1v) is 11.5. The predicted molar refractivity (Wildman–Crippen MR) is 126 cm³/mol. The van der Waals surface area contributed by atoms with Gasteiger partial charge >= 0.3 is 6.03 Å². The molecule has 31 heavy (non-hydrogen) atoms. The molecular formula is C25H34N4O2. The van der Waals surface area contributed by atoms with Crippen LogP contribution in [0.3, 0.4) is 0 Å². The van der Waals surface area contributed by atoms with Gasteiger partial charge in [-0.1, -0.05) is 12.1 Å². The van der Waals surface area contributed by atoms with Crippen molar-refractivity contribution in [3.63, 3.8) is 0 Å². The highest BCUT2D eigenvalue weighted by Gasteiger charge is 2.22. The number of benzene rings is 2. The van der Waals surface area contributed by atoms with E-state index < -0.39 is 0 Å². The number of ether oxygens (including phenoxy) is 1. The van der Waals surface area contributed by atoms with Crippen LogP contribution in [0.1, 0.15) is 36.8 Å². The third-order valence-corrected chi connectivity index (χ3v) is 6.24. The lowest BCUT2D eigenvalue weighted by molar-refractivity contribution is 0.206. The number of amides is 2. The van der Waals surface area contributed by atoms with Gasteiger partial charge in [-0.25, -0.2) is 4.79 Å². The number of carbonyl (C=O) groups is 1. The molecule has 0 unspecified atom stereocenters. The molecule has 2 saturated heterocycles. The Kier molecular flexibility index (Phi) is 7.30. The van der Waals surface area contributed by atoms with E-state index in [4.69, 9.17) is 4.74 Å². The second kappa shape index (κ2) is 10.5. The summed E-state index contributed by atoms with van der Waals surface area (Å²) in [5.41, 5.74) is 4.71. The van der Waals surface area contributed by atoms with Crippen molar-refractivity contribution in [3.8, 4) is 5.75 Å². The molecule has 3 heterocycles. The maximum atomic E-state index is 12.6. The van der Waals surface area contributed by atoms with Crippen molar-refractivity contribution >= 4 is 17.4 Å². The van der Waals surface area contributed by atoms with Crippen LogP contribution in [0, 0.1) is 0 Å². The Hall–Kier alpha value is -2.73. The summed E-state index contributed by atoms with van der Waals surface area (Å²) in [6, 6.07) is 14.1. The fourth-order valence-electron chi connectivity index (χ4n) is 4.41. The number of hydrogen-bond donors (Lipinski definition) is 2. The first kappa shape index (κ1) is 21.5. The van der Waals surface area contributed by atoms with Crippen LogP contribution in [-0.4, -0.2) is 50.8 Å². The number of anilines is 2. The van der Waals surface area contributed by atoms with Crippen LogP contribution >= 0.6 is 0 Å². The minimum atomic E-state index is -0.0625. The number of fused-ring (bicyclic) bond motifs is 1. The number of urea groups is 1. The molecule has 0 atom stereocenters. The van der Waals surface area contributed by atoms with Crippen LogP contribution in [0.15, 0.2) is 42.5 Å². The molecule has 166 valence electrons. The van der Waals surface area contributed by atoms with Crippen LogP contribution in [0.4, 0.5) is 16.2 Å². The second-order valence-electron chi connectivity index (χ2n) is 8.44. The Labute approximate surface area is 185 Å². The molecule has 3 aliphatic heterocycles. The highest BCUT2D eigenvalue weighted by atomic mass is 16.5. The van der Waals surface area contributed by atoms with Crippen LogP contribution < -0.4 is 20.3 Å². The lowest BCUT2D eigenvalue weighted by atomic mass is 9.99. The van der Waals surface area contributed by atoms with Gasteiger partial charge in [0.2, 0.25) is 0 Å². The molecule has 0 bridgehead atoms. The molecule has 0 radical (unpaired) electrons. The van der Waals surface area contributed by atoms with Crippen molar-refractivity contribution in [3.05, 3.63) is 53.6 Å². The summed E-state index contributed by atoms with van der Waals surface area (Å²) < 4.78 is 5.21. The summed E-state index contributed by atoms with van der Waals surface area (Å²) in [6.07, 6.45) is 6.26. The Morgan fingerprint density at radius 3 is 2.48 bits per heavy atom. The van der Waals surface area contributed by atoms with Gasteiger partial charge in [-0.3, -0.25) is 0 Å². The van der Waals surface area contributed by atoms with Gasteiger partial charge in [0, 0.05) is 43.6 Å². The number of nitrogens with one attached hydrogen (secondary N) is 2. The van der Waals surface area contributed by atoms with Crippen molar-refractivity contribution in [2.75, 3.05) is 50.1 Å². The van der Waals surface area contributed by atoms with E-state index >= 15 is 0 Å². The number of nitrogens with zero attached hydrogens (tertiary/aromatic N) is 2. The molecule has 6 heteroatoms. The van der Waals surface area contributed by atoms with Crippen molar-refractivity contribution in [1.29, 1.82) is 0 Å². The summed E-state index contributed by atoms with van der Waals surface area (Å²) in [5, 5.41) is 6.19. The smallest absolute Gasteiger partial charge is 0.322 e. The number of hydrogen-bond acceptors (Lipinski definition) is 4. The molecule has 0 aromatic heterocycles. The van der Waals surface area contributed by atoms with Crippen LogP contribution in [0.2, 0.25) is 0 Å². The van der Waals surface area contributed by atoms with E-state index in [0.717, 1.165) is 37.5 Å². The average Bonchev–Trinajstić information content (AvgIpc) is 3.55. The van der Waals surface area contributed by atoms with Crippen molar-refractivity contribution in [2.45, 2.75) is 38.6 Å². The van der Waals surface area contributed by atoms with Crippen molar-refractivity contribution in [2.24, 2.45) is 0 Å². The lowest BCUT2D eigenvalue weighted by Crippen LogP contribution is -2.39. The molecule has 3 aliphatic rings. The second-order valence-corrected chi connectivity index (χ2v) is 8.44. The normalized spacial score (nSPS) is 17.6.